The van der Waals surface area contributed by atoms with Gasteiger partial charge in [0.05, 0.1) is 7.11 Å². The fourth-order valence-electron chi connectivity index (χ4n) is 1.42. The minimum atomic E-state index is 0.593. The summed E-state index contributed by atoms with van der Waals surface area (Å²) in [6.45, 7) is 0. The fourth-order valence-corrected chi connectivity index (χ4v) is 2.35. The van der Waals surface area contributed by atoms with E-state index in [9.17, 15) is 0 Å². The number of ether oxygens (including phenoxy) is 1. The maximum absolute atomic E-state index is 5.11. The molecule has 1 aliphatic heterocycles. The zero-order chi connectivity index (χ0) is 9.10. The van der Waals surface area contributed by atoms with Crippen LogP contribution in [-0.2, 0) is 0 Å². The van der Waals surface area contributed by atoms with E-state index in [1.54, 1.807) is 7.11 Å². The molecule has 0 fully saturated rings. The van der Waals surface area contributed by atoms with Gasteiger partial charge in [-0.1, -0.05) is 18.2 Å². The van der Waals surface area contributed by atoms with E-state index < -0.39 is 0 Å². The molecule has 0 bridgehead atoms. The number of methoxy groups -OCH3 is 1. The maximum atomic E-state index is 5.11. The lowest BCUT2D eigenvalue weighted by Gasteiger charge is -2.07. The minimum Gasteiger partial charge on any atom is -0.497 e. The molecular formula is C11H12OS. The Balaban J connectivity index is 2.17. The summed E-state index contributed by atoms with van der Waals surface area (Å²) in [5, 5.41) is 2.18. The molecule has 0 amide bonds. The average Bonchev–Trinajstić information content (AvgIpc) is 2.71. The summed E-state index contributed by atoms with van der Waals surface area (Å²) in [6.07, 6.45) is 2.26. The molecule has 1 atom stereocenters. The predicted molar refractivity (Wildman–Crippen MR) is 57.3 cm³/mol. The highest BCUT2D eigenvalue weighted by molar-refractivity contribution is 8.02. The van der Waals surface area contributed by atoms with Crippen molar-refractivity contribution in [3.8, 4) is 5.75 Å². The molecule has 1 aromatic rings. The molecular weight excluding hydrogens is 180 g/mol. The zero-order valence-electron chi connectivity index (χ0n) is 7.57. The molecule has 2 heteroatoms. The van der Waals surface area contributed by atoms with Gasteiger partial charge in [-0.05, 0) is 23.1 Å². The molecule has 68 valence electrons. The topological polar surface area (TPSA) is 9.23 Å². The molecule has 2 rings (SSSR count). The summed E-state index contributed by atoms with van der Waals surface area (Å²) in [4.78, 5) is 0. The lowest BCUT2D eigenvalue weighted by molar-refractivity contribution is 0.414. The first-order valence-corrected chi connectivity index (χ1v) is 5.37. The summed E-state index contributed by atoms with van der Waals surface area (Å²) in [7, 11) is 1.69. The molecule has 13 heavy (non-hydrogen) atoms. The van der Waals surface area contributed by atoms with E-state index >= 15 is 0 Å². The highest BCUT2D eigenvalue weighted by Gasteiger charge is 2.11. The van der Waals surface area contributed by atoms with Crippen LogP contribution in [0.1, 0.15) is 11.5 Å². The number of hydrogen-bond acceptors (Lipinski definition) is 2. The third-order valence-corrected chi connectivity index (χ3v) is 3.13. The third kappa shape index (κ3) is 1.89. The molecule has 0 saturated carbocycles. The Bertz CT molecular complexity index is 302. The van der Waals surface area contributed by atoms with E-state index in [1.807, 2.05) is 23.9 Å². The first-order valence-electron chi connectivity index (χ1n) is 4.32. The molecule has 1 nitrogen and oxygen atoms in total. The molecule has 1 aromatic carbocycles. The highest BCUT2D eigenvalue weighted by atomic mass is 32.2. The van der Waals surface area contributed by atoms with E-state index in [0.29, 0.717) is 5.92 Å². The molecule has 0 aromatic heterocycles. The van der Waals surface area contributed by atoms with Crippen molar-refractivity contribution in [2.24, 2.45) is 0 Å². The van der Waals surface area contributed by atoms with E-state index in [4.69, 9.17) is 4.74 Å². The van der Waals surface area contributed by atoms with Crippen molar-refractivity contribution in [2.45, 2.75) is 5.92 Å². The van der Waals surface area contributed by atoms with Crippen molar-refractivity contribution in [2.75, 3.05) is 12.9 Å². The van der Waals surface area contributed by atoms with Gasteiger partial charge in [-0.3, -0.25) is 0 Å². The van der Waals surface area contributed by atoms with Crippen molar-refractivity contribution in [3.63, 3.8) is 0 Å². The second kappa shape index (κ2) is 3.88. The Morgan fingerprint density at radius 2 is 2.08 bits per heavy atom. The first kappa shape index (κ1) is 8.70. The molecule has 1 unspecified atom stereocenters. The molecule has 0 N–H and O–H groups in total. The van der Waals surface area contributed by atoms with E-state index in [2.05, 4.69) is 23.6 Å². The first-order chi connectivity index (χ1) is 6.40. The van der Waals surface area contributed by atoms with Crippen LogP contribution in [0.3, 0.4) is 0 Å². The third-order valence-electron chi connectivity index (χ3n) is 2.23. The van der Waals surface area contributed by atoms with E-state index in [-0.39, 0.29) is 0 Å². The zero-order valence-corrected chi connectivity index (χ0v) is 8.38. The Hall–Kier alpha value is -0.890. The standard InChI is InChI=1S/C11H12OS/c1-12-11-4-2-9(3-5-11)10-6-7-13-8-10/h2-7,10H,8H2,1H3. The van der Waals surface area contributed by atoms with Crippen LogP contribution in [0.4, 0.5) is 0 Å². The van der Waals surface area contributed by atoms with Crippen LogP contribution in [-0.4, -0.2) is 12.9 Å². The lowest BCUT2D eigenvalue weighted by Crippen LogP contribution is -1.94. The molecule has 1 heterocycles. The summed E-state index contributed by atoms with van der Waals surface area (Å²) >= 11 is 1.88. The van der Waals surface area contributed by atoms with E-state index in [0.717, 1.165) is 5.75 Å². The summed E-state index contributed by atoms with van der Waals surface area (Å²) < 4.78 is 5.11. The SMILES string of the molecule is COc1ccc(C2C=CSC2)cc1. The van der Waals surface area contributed by atoms with Crippen LogP contribution in [0.5, 0.6) is 5.75 Å². The highest BCUT2D eigenvalue weighted by Crippen LogP contribution is 2.30. The van der Waals surface area contributed by atoms with Gasteiger partial charge in [0, 0.05) is 11.7 Å². The van der Waals surface area contributed by atoms with Gasteiger partial charge in [0.15, 0.2) is 0 Å². The Kier molecular flexibility index (Phi) is 2.60. The lowest BCUT2D eigenvalue weighted by atomic mass is 10.0. The Labute approximate surface area is 82.8 Å². The summed E-state index contributed by atoms with van der Waals surface area (Å²) in [6, 6.07) is 8.32. The van der Waals surface area contributed by atoms with Crippen LogP contribution >= 0.6 is 11.8 Å². The second-order valence-electron chi connectivity index (χ2n) is 3.04. The van der Waals surface area contributed by atoms with Crippen molar-refractivity contribution in [1.29, 1.82) is 0 Å². The molecule has 1 aliphatic rings. The minimum absolute atomic E-state index is 0.593. The smallest absolute Gasteiger partial charge is 0.118 e. The number of thioether (sulfide) groups is 1. The molecule has 0 spiro atoms. The van der Waals surface area contributed by atoms with Gasteiger partial charge in [-0.15, -0.1) is 11.8 Å². The van der Waals surface area contributed by atoms with Gasteiger partial charge < -0.3 is 4.74 Å². The number of benzene rings is 1. The molecule has 0 saturated heterocycles. The van der Waals surface area contributed by atoms with Crippen molar-refractivity contribution < 1.29 is 4.74 Å². The van der Waals surface area contributed by atoms with Crippen molar-refractivity contribution >= 4 is 11.8 Å². The van der Waals surface area contributed by atoms with E-state index in [1.165, 1.54) is 11.3 Å². The Morgan fingerprint density at radius 1 is 1.31 bits per heavy atom. The number of rotatable bonds is 2. The summed E-state index contributed by atoms with van der Waals surface area (Å²) in [5.41, 5.74) is 1.38. The monoisotopic (exact) mass is 192 g/mol. The molecule has 0 radical (unpaired) electrons. The maximum Gasteiger partial charge on any atom is 0.118 e. The van der Waals surface area contributed by atoms with Crippen LogP contribution < -0.4 is 4.74 Å². The van der Waals surface area contributed by atoms with Crippen molar-refractivity contribution in [3.05, 3.63) is 41.3 Å². The van der Waals surface area contributed by atoms with Gasteiger partial charge in [0.1, 0.15) is 5.75 Å². The average molecular weight is 192 g/mol. The van der Waals surface area contributed by atoms with Crippen LogP contribution in [0, 0.1) is 0 Å². The van der Waals surface area contributed by atoms with Gasteiger partial charge >= 0.3 is 0 Å². The second-order valence-corrected chi connectivity index (χ2v) is 3.98. The van der Waals surface area contributed by atoms with Gasteiger partial charge in [-0.25, -0.2) is 0 Å². The summed E-state index contributed by atoms with van der Waals surface area (Å²) in [5.74, 6) is 2.70. The predicted octanol–water partition coefficient (Wildman–Crippen LogP) is 3.04. The normalized spacial score (nSPS) is 20.5. The van der Waals surface area contributed by atoms with Crippen LogP contribution in [0.15, 0.2) is 35.7 Å². The quantitative estimate of drug-likeness (QED) is 0.712. The molecule has 0 aliphatic carbocycles. The van der Waals surface area contributed by atoms with Crippen LogP contribution in [0.2, 0.25) is 0 Å². The largest absolute Gasteiger partial charge is 0.497 e. The van der Waals surface area contributed by atoms with Crippen LogP contribution in [0.25, 0.3) is 0 Å². The van der Waals surface area contributed by atoms with Gasteiger partial charge in [0.25, 0.3) is 0 Å². The van der Waals surface area contributed by atoms with Crippen molar-refractivity contribution in [1.82, 2.24) is 0 Å². The fraction of sp³-hybridized carbons (Fsp3) is 0.273. The number of hydrogen-bond donors (Lipinski definition) is 0. The van der Waals surface area contributed by atoms with Gasteiger partial charge in [0.2, 0.25) is 0 Å². The van der Waals surface area contributed by atoms with Gasteiger partial charge in [-0.2, -0.15) is 0 Å². The number of allylic oxidation sites excluding steroid dienone is 1. The Morgan fingerprint density at radius 3 is 2.62 bits per heavy atom.